The van der Waals surface area contributed by atoms with E-state index in [0.29, 0.717) is 37.0 Å². The molecule has 29 heavy (non-hydrogen) atoms. The number of pyridine rings is 1. The monoisotopic (exact) mass is 401 g/mol. The predicted molar refractivity (Wildman–Crippen MR) is 111 cm³/mol. The number of carboxylic acids is 1. The van der Waals surface area contributed by atoms with Crippen molar-refractivity contribution in [3.63, 3.8) is 0 Å². The Labute approximate surface area is 172 Å². The van der Waals surface area contributed by atoms with Gasteiger partial charge in [-0.25, -0.2) is 0 Å². The molecule has 0 saturated heterocycles. The van der Waals surface area contributed by atoms with Crippen molar-refractivity contribution >= 4 is 17.3 Å². The second-order valence-electron chi connectivity index (χ2n) is 7.57. The van der Waals surface area contributed by atoms with E-state index < -0.39 is 12.1 Å². The van der Waals surface area contributed by atoms with Crippen LogP contribution in [-0.4, -0.2) is 32.1 Å². The fourth-order valence-corrected chi connectivity index (χ4v) is 3.56. The lowest BCUT2D eigenvalue weighted by atomic mass is 9.94. The first-order valence-corrected chi connectivity index (χ1v) is 10.4. The van der Waals surface area contributed by atoms with E-state index >= 15 is 0 Å². The summed E-state index contributed by atoms with van der Waals surface area (Å²) in [5.74, 6) is -1.46. The number of carboxylic acid groups (broad SMARTS) is 1. The van der Waals surface area contributed by atoms with Crippen LogP contribution in [0.4, 0.5) is 0 Å². The Morgan fingerprint density at radius 1 is 1.28 bits per heavy atom. The minimum Gasteiger partial charge on any atom is -0.504 e. The Kier molecular flexibility index (Phi) is 9.06. The molecule has 0 spiro atoms. The molecule has 6 heteroatoms. The van der Waals surface area contributed by atoms with Gasteiger partial charge in [-0.2, -0.15) is 0 Å². The number of aliphatic hydroxyl groups excluding tert-OH is 2. The van der Waals surface area contributed by atoms with Crippen molar-refractivity contribution in [2.24, 2.45) is 5.92 Å². The summed E-state index contributed by atoms with van der Waals surface area (Å²) in [6.07, 6.45) is 11.0. The Balaban J connectivity index is 2.01. The molecule has 1 aliphatic carbocycles. The van der Waals surface area contributed by atoms with Crippen molar-refractivity contribution in [3.05, 3.63) is 47.5 Å². The van der Waals surface area contributed by atoms with Gasteiger partial charge in [0, 0.05) is 30.5 Å². The number of unbranched alkanes of at least 4 members (excludes halogenated alkanes) is 3. The maximum absolute atomic E-state index is 12.0. The van der Waals surface area contributed by atoms with Crippen LogP contribution in [0.25, 0.3) is 5.57 Å². The van der Waals surface area contributed by atoms with Crippen molar-refractivity contribution in [3.8, 4) is 0 Å². The number of aromatic nitrogens is 1. The van der Waals surface area contributed by atoms with Crippen LogP contribution in [0.3, 0.4) is 0 Å². The molecule has 0 fully saturated rings. The van der Waals surface area contributed by atoms with E-state index in [0.717, 1.165) is 24.8 Å². The van der Waals surface area contributed by atoms with Crippen molar-refractivity contribution in [1.82, 2.24) is 4.98 Å². The topological polar surface area (TPSA) is 108 Å². The van der Waals surface area contributed by atoms with Crippen LogP contribution in [-0.2, 0) is 9.59 Å². The van der Waals surface area contributed by atoms with Gasteiger partial charge in [0.25, 0.3) is 0 Å². The van der Waals surface area contributed by atoms with E-state index in [-0.39, 0.29) is 30.3 Å². The number of carbonyl (C=O) groups is 2. The highest BCUT2D eigenvalue weighted by Crippen LogP contribution is 2.37. The van der Waals surface area contributed by atoms with Gasteiger partial charge >= 0.3 is 5.97 Å². The quantitative estimate of drug-likeness (QED) is 0.344. The number of Topliss-reactive ketones (excluding diaryl/α,β-unsaturated/α-hetero) is 1. The molecule has 1 aromatic rings. The van der Waals surface area contributed by atoms with Gasteiger partial charge in [-0.05, 0) is 37.3 Å². The number of hydrogen-bond acceptors (Lipinski definition) is 5. The summed E-state index contributed by atoms with van der Waals surface area (Å²) in [5.41, 5.74) is 1.85. The van der Waals surface area contributed by atoms with Crippen molar-refractivity contribution < 1.29 is 24.9 Å². The third kappa shape index (κ3) is 6.82. The Bertz CT molecular complexity index is 751. The van der Waals surface area contributed by atoms with Crippen LogP contribution in [0.5, 0.6) is 0 Å². The summed E-state index contributed by atoms with van der Waals surface area (Å²) in [6, 6.07) is 3.56. The molecule has 1 unspecified atom stereocenters. The Morgan fingerprint density at radius 2 is 2.07 bits per heavy atom. The average Bonchev–Trinajstić information content (AvgIpc) is 2.98. The number of nitrogens with zero attached hydrogens (tertiary/aromatic N) is 1. The second-order valence-corrected chi connectivity index (χ2v) is 7.57. The van der Waals surface area contributed by atoms with Gasteiger partial charge in [0.05, 0.1) is 11.8 Å². The molecule has 2 rings (SSSR count). The number of rotatable bonds is 12. The van der Waals surface area contributed by atoms with E-state index in [2.05, 4.69) is 11.9 Å². The lowest BCUT2D eigenvalue weighted by Crippen LogP contribution is -2.03. The minimum atomic E-state index is -0.806. The number of ketones is 1. The predicted octanol–water partition coefficient (Wildman–Crippen LogP) is 4.75. The first-order valence-electron chi connectivity index (χ1n) is 10.4. The smallest absolute Gasteiger partial charge is 0.303 e. The summed E-state index contributed by atoms with van der Waals surface area (Å²) < 4.78 is 0. The average molecular weight is 402 g/mol. The summed E-state index contributed by atoms with van der Waals surface area (Å²) in [6.45, 7) is 2.12. The molecule has 2 atom stereocenters. The molecule has 6 nitrogen and oxygen atoms in total. The summed E-state index contributed by atoms with van der Waals surface area (Å²) in [4.78, 5) is 27.0. The van der Waals surface area contributed by atoms with Crippen LogP contribution in [0.2, 0.25) is 0 Å². The maximum atomic E-state index is 12.0. The van der Waals surface area contributed by atoms with Crippen molar-refractivity contribution in [2.75, 3.05) is 0 Å². The molecule has 0 aromatic carbocycles. The summed E-state index contributed by atoms with van der Waals surface area (Å²) in [7, 11) is 0. The van der Waals surface area contributed by atoms with E-state index in [1.165, 1.54) is 0 Å². The molecule has 0 aliphatic heterocycles. The van der Waals surface area contributed by atoms with Crippen LogP contribution in [0.15, 0.2) is 36.2 Å². The first kappa shape index (κ1) is 22.8. The van der Waals surface area contributed by atoms with Gasteiger partial charge in [-0.1, -0.05) is 44.4 Å². The summed E-state index contributed by atoms with van der Waals surface area (Å²) in [5, 5.41) is 29.2. The Hall–Kier alpha value is -2.47. The van der Waals surface area contributed by atoms with Gasteiger partial charge in [-0.3, -0.25) is 14.6 Å². The second kappa shape index (κ2) is 11.5. The Morgan fingerprint density at radius 3 is 2.72 bits per heavy atom. The van der Waals surface area contributed by atoms with E-state index in [9.17, 15) is 19.8 Å². The van der Waals surface area contributed by atoms with Gasteiger partial charge in [-0.15, -0.1) is 0 Å². The van der Waals surface area contributed by atoms with Gasteiger partial charge < -0.3 is 15.3 Å². The number of aliphatic carboxylic acids is 1. The molecule has 158 valence electrons. The van der Waals surface area contributed by atoms with Crippen LogP contribution in [0.1, 0.15) is 82.1 Å². The van der Waals surface area contributed by atoms with Crippen molar-refractivity contribution in [1.29, 1.82) is 0 Å². The number of carbonyl (C=O) groups excluding carboxylic acids is 1. The van der Waals surface area contributed by atoms with E-state index in [1.807, 2.05) is 12.2 Å². The molecule has 0 radical (unpaired) electrons. The lowest BCUT2D eigenvalue weighted by Gasteiger charge is -2.14. The molecular formula is C23H31NO5. The summed E-state index contributed by atoms with van der Waals surface area (Å²) >= 11 is 0. The zero-order valence-electron chi connectivity index (χ0n) is 17.0. The van der Waals surface area contributed by atoms with Gasteiger partial charge in [0.2, 0.25) is 0 Å². The zero-order valence-corrected chi connectivity index (χ0v) is 17.0. The minimum absolute atomic E-state index is 0.138. The standard InChI is InChI=1S/C23H31NO5/c1-2-3-6-10-19(25)17-12-13-18(24-15-17)22-16(14-20(26)23(22)29)9-7-4-5-8-11-21(27)28/h4,7,12-13,15-16,19,25,29H,2-3,5-6,8-11,14H2,1H3,(H,27,28)/b7-4-/t16-,19?/m0/s1. The van der Waals surface area contributed by atoms with Crippen molar-refractivity contribution in [2.45, 2.75) is 70.8 Å². The molecule has 1 heterocycles. The highest BCUT2D eigenvalue weighted by atomic mass is 16.4. The highest BCUT2D eigenvalue weighted by Gasteiger charge is 2.33. The number of hydrogen-bond donors (Lipinski definition) is 3. The normalized spacial score (nSPS) is 18.0. The number of aliphatic hydroxyl groups is 2. The fraction of sp³-hybridized carbons (Fsp3) is 0.522. The largest absolute Gasteiger partial charge is 0.504 e. The number of allylic oxidation sites excluding steroid dienone is 4. The van der Waals surface area contributed by atoms with Crippen LogP contribution in [0, 0.1) is 5.92 Å². The lowest BCUT2D eigenvalue weighted by molar-refractivity contribution is -0.137. The maximum Gasteiger partial charge on any atom is 0.303 e. The third-order valence-electron chi connectivity index (χ3n) is 5.24. The first-order chi connectivity index (χ1) is 13.9. The van der Waals surface area contributed by atoms with E-state index in [1.54, 1.807) is 18.3 Å². The molecule has 1 aromatic heterocycles. The molecule has 0 saturated carbocycles. The SMILES string of the molecule is CCCCCC(O)c1ccc(C2=C(O)C(=O)C[C@@H]2C/C=C\CCCC(=O)O)nc1. The van der Waals surface area contributed by atoms with Crippen LogP contribution >= 0.6 is 0 Å². The van der Waals surface area contributed by atoms with Gasteiger partial charge in [0.15, 0.2) is 11.5 Å². The van der Waals surface area contributed by atoms with Crippen LogP contribution < -0.4 is 0 Å². The fourth-order valence-electron chi connectivity index (χ4n) is 3.56. The molecule has 1 aliphatic rings. The molecule has 0 bridgehead atoms. The molecular weight excluding hydrogens is 370 g/mol. The molecule has 3 N–H and O–H groups in total. The highest BCUT2D eigenvalue weighted by molar-refractivity contribution is 6.05. The third-order valence-corrected chi connectivity index (χ3v) is 5.24. The zero-order chi connectivity index (χ0) is 21.2. The van der Waals surface area contributed by atoms with E-state index in [4.69, 9.17) is 5.11 Å². The van der Waals surface area contributed by atoms with Gasteiger partial charge in [0.1, 0.15) is 0 Å². The molecule has 0 amide bonds.